The highest BCUT2D eigenvalue weighted by Crippen LogP contribution is 2.32. The fourth-order valence-corrected chi connectivity index (χ4v) is 5.81. The van der Waals surface area contributed by atoms with Crippen molar-refractivity contribution in [2.75, 3.05) is 0 Å². The van der Waals surface area contributed by atoms with Gasteiger partial charge >= 0.3 is 0 Å². The Balaban J connectivity index is 1.49. The minimum absolute atomic E-state index is 0.0595. The Labute approximate surface area is 197 Å². The number of amides is 1. The zero-order valence-corrected chi connectivity index (χ0v) is 19.9. The molecule has 1 aromatic heterocycles. The van der Waals surface area contributed by atoms with Gasteiger partial charge in [0, 0.05) is 35.7 Å². The summed E-state index contributed by atoms with van der Waals surface area (Å²) >= 11 is 0. The number of carbonyl (C=O) groups excluding carboxylic acids is 1. The quantitative estimate of drug-likeness (QED) is 0.493. The molecule has 2 aromatic carbocycles. The number of nitrogens with one attached hydrogen (secondary N) is 1. The summed E-state index contributed by atoms with van der Waals surface area (Å²) in [6.45, 7) is 3.13. The zero-order chi connectivity index (χ0) is 22.8. The minimum atomic E-state index is 0.0595. The van der Waals surface area contributed by atoms with E-state index in [1.165, 1.54) is 54.3 Å². The Morgan fingerprint density at radius 1 is 0.970 bits per heavy atom. The summed E-state index contributed by atoms with van der Waals surface area (Å²) in [6, 6.07) is 15.7. The molecule has 0 bridgehead atoms. The molecule has 4 nitrogen and oxygen atoms in total. The zero-order valence-electron chi connectivity index (χ0n) is 19.9. The van der Waals surface area contributed by atoms with E-state index in [-0.39, 0.29) is 18.0 Å². The van der Waals surface area contributed by atoms with Crippen LogP contribution in [-0.2, 0) is 6.54 Å². The summed E-state index contributed by atoms with van der Waals surface area (Å²) in [5, 5.41) is 4.39. The molecule has 0 unspecified atom stereocenters. The van der Waals surface area contributed by atoms with Gasteiger partial charge in [0.25, 0.3) is 5.91 Å². The predicted octanol–water partition coefficient (Wildman–Crippen LogP) is 6.20. The van der Waals surface area contributed by atoms with Gasteiger partial charge in [-0.15, -0.1) is 0 Å². The number of aryl methyl sites for hydroxylation is 1. The first kappa shape index (κ1) is 22.2. The van der Waals surface area contributed by atoms with Crippen molar-refractivity contribution in [3.8, 4) is 11.1 Å². The van der Waals surface area contributed by atoms with Gasteiger partial charge < -0.3 is 15.6 Å². The number of carbonyl (C=O) groups is 1. The molecular formula is C29H37N3O. The Hall–Kier alpha value is -2.59. The molecule has 2 saturated carbocycles. The maximum absolute atomic E-state index is 13.5. The highest BCUT2D eigenvalue weighted by atomic mass is 16.1. The number of hydrogen-bond acceptors (Lipinski definition) is 2. The summed E-state index contributed by atoms with van der Waals surface area (Å²) in [5.74, 6) is 0.769. The summed E-state index contributed by atoms with van der Waals surface area (Å²) in [7, 11) is 0. The molecule has 3 N–H and O–H groups in total. The van der Waals surface area contributed by atoms with E-state index < -0.39 is 0 Å². The first-order chi connectivity index (χ1) is 16.1. The molecule has 33 heavy (non-hydrogen) atoms. The minimum Gasteiger partial charge on any atom is -0.349 e. The van der Waals surface area contributed by atoms with Crippen molar-refractivity contribution >= 4 is 16.8 Å². The third kappa shape index (κ3) is 5.01. The number of nitrogens with zero attached hydrogens (tertiary/aromatic N) is 1. The lowest BCUT2D eigenvalue weighted by molar-refractivity contribution is 0.0927. The van der Waals surface area contributed by atoms with E-state index in [4.69, 9.17) is 5.73 Å². The van der Waals surface area contributed by atoms with Crippen LogP contribution in [0.15, 0.2) is 48.7 Å². The van der Waals surface area contributed by atoms with Crippen LogP contribution in [0.5, 0.6) is 0 Å². The molecule has 2 aliphatic rings. The van der Waals surface area contributed by atoms with Crippen LogP contribution in [-0.4, -0.2) is 22.6 Å². The van der Waals surface area contributed by atoms with Crippen LogP contribution in [0, 0.1) is 12.8 Å². The average molecular weight is 444 g/mol. The van der Waals surface area contributed by atoms with Gasteiger partial charge in [-0.3, -0.25) is 4.79 Å². The topological polar surface area (TPSA) is 60.1 Å². The molecule has 1 amide bonds. The van der Waals surface area contributed by atoms with Gasteiger partial charge in [-0.05, 0) is 74.6 Å². The molecule has 0 atom stereocenters. The largest absolute Gasteiger partial charge is 0.349 e. The number of benzene rings is 2. The van der Waals surface area contributed by atoms with E-state index in [0.29, 0.717) is 5.92 Å². The second-order valence-electron chi connectivity index (χ2n) is 10.4. The third-order valence-corrected chi connectivity index (χ3v) is 7.76. The van der Waals surface area contributed by atoms with Crippen molar-refractivity contribution in [3.05, 3.63) is 59.8 Å². The lowest BCUT2D eigenvalue weighted by Gasteiger charge is -2.26. The van der Waals surface area contributed by atoms with Crippen molar-refractivity contribution in [2.24, 2.45) is 11.7 Å². The van der Waals surface area contributed by atoms with Crippen LogP contribution in [0.4, 0.5) is 0 Å². The maximum Gasteiger partial charge on any atom is 0.253 e. The molecule has 1 heterocycles. The summed E-state index contributed by atoms with van der Waals surface area (Å²) in [6.07, 6.45) is 12.7. The first-order valence-corrected chi connectivity index (χ1v) is 12.8. The van der Waals surface area contributed by atoms with Gasteiger partial charge in [-0.1, -0.05) is 55.2 Å². The van der Waals surface area contributed by atoms with E-state index in [1.54, 1.807) is 0 Å². The van der Waals surface area contributed by atoms with Crippen LogP contribution in [0.2, 0.25) is 0 Å². The molecule has 4 heteroatoms. The number of hydrogen-bond donors (Lipinski definition) is 2. The molecular weight excluding hydrogens is 406 g/mol. The summed E-state index contributed by atoms with van der Waals surface area (Å²) in [4.78, 5) is 13.5. The second kappa shape index (κ2) is 9.72. The van der Waals surface area contributed by atoms with Gasteiger partial charge in [0.1, 0.15) is 0 Å². The third-order valence-electron chi connectivity index (χ3n) is 7.76. The van der Waals surface area contributed by atoms with Crippen molar-refractivity contribution in [1.29, 1.82) is 0 Å². The summed E-state index contributed by atoms with van der Waals surface area (Å²) < 4.78 is 2.34. The Bertz CT molecular complexity index is 1120. The molecule has 0 spiro atoms. The number of rotatable bonds is 5. The van der Waals surface area contributed by atoms with Gasteiger partial charge in [0.15, 0.2) is 0 Å². The van der Waals surface area contributed by atoms with Gasteiger partial charge in [-0.25, -0.2) is 0 Å². The first-order valence-electron chi connectivity index (χ1n) is 12.8. The van der Waals surface area contributed by atoms with E-state index in [9.17, 15) is 4.79 Å². The van der Waals surface area contributed by atoms with Gasteiger partial charge in [0.2, 0.25) is 0 Å². The lowest BCUT2D eigenvalue weighted by atomic mass is 9.89. The van der Waals surface area contributed by atoms with Gasteiger partial charge in [-0.2, -0.15) is 0 Å². The van der Waals surface area contributed by atoms with Crippen molar-refractivity contribution in [1.82, 2.24) is 9.88 Å². The Kier molecular flexibility index (Phi) is 6.55. The van der Waals surface area contributed by atoms with Crippen molar-refractivity contribution in [3.63, 3.8) is 0 Å². The van der Waals surface area contributed by atoms with Crippen LogP contribution in [0.1, 0.15) is 73.7 Å². The Morgan fingerprint density at radius 3 is 2.48 bits per heavy atom. The molecule has 2 aliphatic carbocycles. The van der Waals surface area contributed by atoms with Crippen LogP contribution >= 0.6 is 0 Å². The van der Waals surface area contributed by atoms with Crippen molar-refractivity contribution < 1.29 is 4.79 Å². The van der Waals surface area contributed by atoms with E-state index in [0.717, 1.165) is 43.2 Å². The highest BCUT2D eigenvalue weighted by molar-refractivity contribution is 6.08. The molecule has 0 aliphatic heterocycles. The van der Waals surface area contributed by atoms with Gasteiger partial charge in [0.05, 0.1) is 5.56 Å². The molecule has 3 aromatic rings. The number of nitrogens with two attached hydrogens (primary N) is 1. The number of aromatic nitrogens is 1. The summed E-state index contributed by atoms with van der Waals surface area (Å²) in [5.41, 5.74) is 11.7. The normalized spacial score (nSPS) is 21.9. The van der Waals surface area contributed by atoms with Crippen molar-refractivity contribution in [2.45, 2.75) is 83.3 Å². The van der Waals surface area contributed by atoms with Crippen LogP contribution in [0.3, 0.4) is 0 Å². The SMILES string of the molecule is Cc1cccc(-c2ccc3c(c2)c(C(=O)N[C@H]2CC[C@H](N)CC2)cn3CC2CCCCC2)c1. The van der Waals surface area contributed by atoms with E-state index >= 15 is 0 Å². The molecule has 174 valence electrons. The Morgan fingerprint density at radius 2 is 1.73 bits per heavy atom. The molecule has 0 saturated heterocycles. The average Bonchev–Trinajstić information content (AvgIpc) is 3.19. The fourth-order valence-electron chi connectivity index (χ4n) is 5.81. The predicted molar refractivity (Wildman–Crippen MR) is 136 cm³/mol. The van der Waals surface area contributed by atoms with E-state index in [1.807, 2.05) is 0 Å². The van der Waals surface area contributed by atoms with E-state index in [2.05, 4.69) is 65.5 Å². The second-order valence-corrected chi connectivity index (χ2v) is 10.4. The fraction of sp³-hybridized carbons (Fsp3) is 0.483. The molecule has 0 radical (unpaired) electrons. The maximum atomic E-state index is 13.5. The molecule has 5 rings (SSSR count). The standard InChI is InChI=1S/C29H37N3O/c1-20-6-5-9-22(16-20)23-10-15-28-26(17-23)27(19-32(28)18-21-7-3-2-4-8-21)29(33)31-25-13-11-24(30)12-14-25/h5-6,9-10,15-17,19,21,24-25H,2-4,7-8,11-14,18,30H2,1H3,(H,31,33)/t24-,25-. The molecule has 2 fully saturated rings. The van der Waals surface area contributed by atoms with Crippen LogP contribution in [0.25, 0.3) is 22.0 Å². The number of fused-ring (bicyclic) bond motifs is 1. The van der Waals surface area contributed by atoms with Crippen LogP contribution < -0.4 is 11.1 Å². The lowest BCUT2D eigenvalue weighted by Crippen LogP contribution is -2.40. The smallest absolute Gasteiger partial charge is 0.253 e. The monoisotopic (exact) mass is 443 g/mol. The highest BCUT2D eigenvalue weighted by Gasteiger charge is 2.24.